The molecule has 1 aromatic rings. The predicted molar refractivity (Wildman–Crippen MR) is 78.1 cm³/mol. The van der Waals surface area contributed by atoms with Crippen molar-refractivity contribution in [2.24, 2.45) is 11.7 Å². The Bertz CT molecular complexity index is 458. The Morgan fingerprint density at radius 1 is 1.55 bits per heavy atom. The zero-order valence-electron chi connectivity index (χ0n) is 12.6. The van der Waals surface area contributed by atoms with Gasteiger partial charge in [0.25, 0.3) is 0 Å². The summed E-state index contributed by atoms with van der Waals surface area (Å²) < 4.78 is 5.51. The smallest absolute Gasteiger partial charge is 0.236 e. The van der Waals surface area contributed by atoms with Crippen molar-refractivity contribution in [1.82, 2.24) is 9.80 Å². The number of likely N-dealkylation sites (N-methyl/N-ethyl adjacent to an activating group) is 1. The SMILES string of the molecule is Cc1ccc(CN(C)C(=O)CN2CC(CN)CC2C)o1. The van der Waals surface area contributed by atoms with Crippen LogP contribution in [-0.2, 0) is 11.3 Å². The van der Waals surface area contributed by atoms with Gasteiger partial charge in [-0.3, -0.25) is 9.69 Å². The fourth-order valence-corrected chi connectivity index (χ4v) is 2.80. The van der Waals surface area contributed by atoms with E-state index in [-0.39, 0.29) is 5.91 Å². The van der Waals surface area contributed by atoms with Crippen molar-refractivity contribution in [1.29, 1.82) is 0 Å². The summed E-state index contributed by atoms with van der Waals surface area (Å²) in [7, 11) is 1.82. The molecule has 1 aliphatic rings. The van der Waals surface area contributed by atoms with Crippen molar-refractivity contribution in [3.63, 3.8) is 0 Å². The molecular weight excluding hydrogens is 254 g/mol. The molecule has 2 unspecified atom stereocenters. The number of aryl methyl sites for hydroxylation is 1. The van der Waals surface area contributed by atoms with Crippen LogP contribution in [0, 0.1) is 12.8 Å². The van der Waals surface area contributed by atoms with Crippen LogP contribution in [0.1, 0.15) is 24.9 Å². The lowest BCUT2D eigenvalue weighted by molar-refractivity contribution is -0.132. The van der Waals surface area contributed by atoms with Gasteiger partial charge in [0.15, 0.2) is 0 Å². The van der Waals surface area contributed by atoms with Crippen LogP contribution in [-0.4, -0.2) is 48.4 Å². The van der Waals surface area contributed by atoms with Crippen LogP contribution >= 0.6 is 0 Å². The number of amides is 1. The van der Waals surface area contributed by atoms with Gasteiger partial charge < -0.3 is 15.1 Å². The average Bonchev–Trinajstić information content (AvgIpc) is 2.96. The monoisotopic (exact) mass is 279 g/mol. The topological polar surface area (TPSA) is 62.7 Å². The molecule has 0 radical (unpaired) electrons. The second-order valence-corrected chi connectivity index (χ2v) is 5.88. The van der Waals surface area contributed by atoms with Gasteiger partial charge in [-0.1, -0.05) is 0 Å². The number of furan rings is 1. The normalized spacial score (nSPS) is 23.2. The first kappa shape index (κ1) is 15.1. The predicted octanol–water partition coefficient (Wildman–Crippen LogP) is 1.22. The second-order valence-electron chi connectivity index (χ2n) is 5.88. The van der Waals surface area contributed by atoms with Gasteiger partial charge in [-0.25, -0.2) is 0 Å². The first-order chi connectivity index (χ1) is 9.49. The Hall–Kier alpha value is -1.33. The van der Waals surface area contributed by atoms with Gasteiger partial charge in [0.2, 0.25) is 5.91 Å². The fraction of sp³-hybridized carbons (Fsp3) is 0.667. The van der Waals surface area contributed by atoms with Crippen LogP contribution in [0.25, 0.3) is 0 Å². The first-order valence-corrected chi connectivity index (χ1v) is 7.23. The maximum atomic E-state index is 12.3. The van der Waals surface area contributed by atoms with E-state index < -0.39 is 0 Å². The van der Waals surface area contributed by atoms with Gasteiger partial charge in [0, 0.05) is 19.6 Å². The van der Waals surface area contributed by atoms with E-state index >= 15 is 0 Å². The van der Waals surface area contributed by atoms with Gasteiger partial charge in [-0.15, -0.1) is 0 Å². The minimum atomic E-state index is 0.128. The van der Waals surface area contributed by atoms with E-state index in [0.717, 1.165) is 24.5 Å². The van der Waals surface area contributed by atoms with E-state index in [0.29, 0.717) is 31.6 Å². The molecular formula is C15H25N3O2. The van der Waals surface area contributed by atoms with Crippen molar-refractivity contribution >= 4 is 5.91 Å². The molecule has 1 amide bonds. The molecule has 1 fully saturated rings. The van der Waals surface area contributed by atoms with Crippen molar-refractivity contribution < 1.29 is 9.21 Å². The largest absolute Gasteiger partial charge is 0.464 e. The highest BCUT2D eigenvalue weighted by Crippen LogP contribution is 2.21. The molecule has 1 aliphatic heterocycles. The highest BCUT2D eigenvalue weighted by Gasteiger charge is 2.30. The number of hydrogen-bond donors (Lipinski definition) is 1. The third-order valence-electron chi connectivity index (χ3n) is 4.08. The van der Waals surface area contributed by atoms with Crippen molar-refractivity contribution in [2.75, 3.05) is 26.7 Å². The summed E-state index contributed by atoms with van der Waals surface area (Å²) in [6.07, 6.45) is 1.09. The fourth-order valence-electron chi connectivity index (χ4n) is 2.80. The zero-order valence-corrected chi connectivity index (χ0v) is 12.6. The molecule has 20 heavy (non-hydrogen) atoms. The zero-order chi connectivity index (χ0) is 14.7. The molecule has 5 nitrogen and oxygen atoms in total. The summed E-state index contributed by atoms with van der Waals surface area (Å²) in [5.74, 6) is 2.35. The molecule has 0 aromatic carbocycles. The average molecular weight is 279 g/mol. The molecule has 2 heterocycles. The Kier molecular flexibility index (Phi) is 4.83. The van der Waals surface area contributed by atoms with E-state index in [1.54, 1.807) is 4.90 Å². The van der Waals surface area contributed by atoms with Crippen LogP contribution in [0.15, 0.2) is 16.5 Å². The summed E-state index contributed by atoms with van der Waals surface area (Å²) in [6.45, 7) is 6.69. The third kappa shape index (κ3) is 3.61. The molecule has 0 spiro atoms. The first-order valence-electron chi connectivity index (χ1n) is 7.23. The minimum absolute atomic E-state index is 0.128. The van der Waals surface area contributed by atoms with Gasteiger partial charge in [-0.2, -0.15) is 0 Å². The van der Waals surface area contributed by atoms with Gasteiger partial charge >= 0.3 is 0 Å². The molecule has 112 valence electrons. The molecule has 2 atom stereocenters. The maximum Gasteiger partial charge on any atom is 0.236 e. The summed E-state index contributed by atoms with van der Waals surface area (Å²) in [4.78, 5) is 16.2. The molecule has 0 saturated carbocycles. The summed E-state index contributed by atoms with van der Waals surface area (Å²) in [5, 5.41) is 0. The van der Waals surface area contributed by atoms with E-state index in [4.69, 9.17) is 10.2 Å². The van der Waals surface area contributed by atoms with Crippen molar-refractivity contribution in [3.8, 4) is 0 Å². The summed E-state index contributed by atoms with van der Waals surface area (Å²) in [5.41, 5.74) is 5.72. The van der Waals surface area contributed by atoms with E-state index in [2.05, 4.69) is 11.8 Å². The lowest BCUT2D eigenvalue weighted by atomic mass is 10.1. The van der Waals surface area contributed by atoms with Crippen LogP contribution in [0.3, 0.4) is 0 Å². The number of nitrogens with zero attached hydrogens (tertiary/aromatic N) is 2. The number of rotatable bonds is 5. The molecule has 0 aliphatic carbocycles. The van der Waals surface area contributed by atoms with Crippen molar-refractivity contribution in [2.45, 2.75) is 32.9 Å². The number of carbonyl (C=O) groups is 1. The van der Waals surface area contributed by atoms with E-state index in [1.165, 1.54) is 0 Å². The van der Waals surface area contributed by atoms with Crippen molar-refractivity contribution in [3.05, 3.63) is 23.7 Å². The van der Waals surface area contributed by atoms with Gasteiger partial charge in [0.05, 0.1) is 13.1 Å². The standard InChI is InChI=1S/C15H25N3O2/c1-11-6-13(7-16)8-18(11)10-15(19)17(3)9-14-5-4-12(2)20-14/h4-5,11,13H,6-10,16H2,1-3H3. The number of nitrogens with two attached hydrogens (primary N) is 1. The Morgan fingerprint density at radius 3 is 2.85 bits per heavy atom. The Balaban J connectivity index is 1.85. The number of hydrogen-bond acceptors (Lipinski definition) is 4. The lowest BCUT2D eigenvalue weighted by Crippen LogP contribution is -2.39. The van der Waals surface area contributed by atoms with Gasteiger partial charge in [0.1, 0.15) is 11.5 Å². The highest BCUT2D eigenvalue weighted by molar-refractivity contribution is 5.78. The number of carbonyl (C=O) groups excluding carboxylic acids is 1. The van der Waals surface area contributed by atoms with Crippen LogP contribution in [0.2, 0.25) is 0 Å². The molecule has 2 rings (SSSR count). The Morgan fingerprint density at radius 2 is 2.30 bits per heavy atom. The van der Waals surface area contributed by atoms with E-state index in [9.17, 15) is 4.79 Å². The minimum Gasteiger partial charge on any atom is -0.464 e. The summed E-state index contributed by atoms with van der Waals surface area (Å²) >= 11 is 0. The molecule has 2 N–H and O–H groups in total. The Labute approximate surface area is 120 Å². The highest BCUT2D eigenvalue weighted by atomic mass is 16.3. The molecule has 0 bridgehead atoms. The van der Waals surface area contributed by atoms with Crippen LogP contribution in [0.5, 0.6) is 0 Å². The third-order valence-corrected chi connectivity index (χ3v) is 4.08. The summed E-state index contributed by atoms with van der Waals surface area (Å²) in [6, 6.07) is 4.27. The van der Waals surface area contributed by atoms with Crippen LogP contribution < -0.4 is 5.73 Å². The van der Waals surface area contributed by atoms with Crippen LogP contribution in [0.4, 0.5) is 0 Å². The second kappa shape index (κ2) is 6.41. The van der Waals surface area contributed by atoms with E-state index in [1.807, 2.05) is 26.1 Å². The molecule has 1 aromatic heterocycles. The number of likely N-dealkylation sites (tertiary alicyclic amines) is 1. The maximum absolute atomic E-state index is 12.3. The molecule has 1 saturated heterocycles. The molecule has 5 heteroatoms. The lowest BCUT2D eigenvalue weighted by Gasteiger charge is -2.24. The van der Waals surface area contributed by atoms with Gasteiger partial charge in [-0.05, 0) is 44.9 Å². The quantitative estimate of drug-likeness (QED) is 0.880.